The van der Waals surface area contributed by atoms with Crippen LogP contribution in [0.5, 0.6) is 0 Å². The third-order valence-corrected chi connectivity index (χ3v) is 2.67. The monoisotopic (exact) mass is 209 g/mol. The molecule has 0 aliphatic carbocycles. The molecule has 2 nitrogen and oxygen atoms in total. The van der Waals surface area contributed by atoms with E-state index in [1.54, 1.807) is 0 Å². The van der Waals surface area contributed by atoms with Crippen molar-refractivity contribution in [2.24, 2.45) is 0 Å². The first kappa shape index (κ1) is 10.4. The Morgan fingerprint density at radius 3 is 2.00 bits per heavy atom. The van der Waals surface area contributed by atoms with Crippen LogP contribution in [0.25, 0.3) is 16.1 Å². The van der Waals surface area contributed by atoms with Crippen LogP contribution in [-0.4, -0.2) is 0 Å². The topological polar surface area (TPSA) is 28.1 Å². The Balaban J connectivity index is 2.31. The molecule has 1 atom stereocenters. The molecule has 0 N–H and O–H groups in total. The van der Waals surface area contributed by atoms with E-state index in [4.69, 9.17) is 5.39 Å². The minimum atomic E-state index is -0.162. The van der Waals surface area contributed by atoms with Crippen molar-refractivity contribution >= 4 is 0 Å². The number of hydrogen-bond donors (Lipinski definition) is 0. The van der Waals surface area contributed by atoms with Crippen LogP contribution in [-0.2, 0) is 0 Å². The molecule has 0 aliphatic rings. The summed E-state index contributed by atoms with van der Waals surface area (Å²) in [5, 5.41) is 8.70. The van der Waals surface area contributed by atoms with Crippen molar-refractivity contribution in [3.8, 4) is 11.1 Å². The van der Waals surface area contributed by atoms with Crippen LogP contribution in [0.3, 0.4) is 0 Å². The lowest BCUT2D eigenvalue weighted by Gasteiger charge is -2.01. The summed E-state index contributed by atoms with van der Waals surface area (Å²) >= 11 is 0. The van der Waals surface area contributed by atoms with E-state index in [0.717, 1.165) is 5.56 Å². The number of nitrogens with zero attached hydrogens (tertiary/aromatic N) is 2. The summed E-state index contributed by atoms with van der Waals surface area (Å²) in [5.41, 5.74) is 3.39. The minimum Gasteiger partial charge on any atom is -0.0622 e. The van der Waals surface area contributed by atoms with Crippen LogP contribution in [0, 0.1) is 5.39 Å². The fraction of sp³-hybridized carbons (Fsp3) is 0.143. The number of diazo groups is 1. The Morgan fingerprint density at radius 1 is 0.875 bits per heavy atom. The lowest BCUT2D eigenvalue weighted by molar-refractivity contribution is 0.932. The molecule has 0 saturated carbocycles. The van der Waals surface area contributed by atoms with Gasteiger partial charge in [-0.25, -0.2) is 0 Å². The number of benzene rings is 2. The molecule has 0 spiro atoms. The Hall–Kier alpha value is -2.14. The van der Waals surface area contributed by atoms with Crippen LogP contribution < -0.4 is 0 Å². The third-order valence-electron chi connectivity index (χ3n) is 2.67. The normalized spacial score (nSPS) is 11.8. The Labute approximate surface area is 95.2 Å². The van der Waals surface area contributed by atoms with E-state index in [1.165, 1.54) is 11.1 Å². The van der Waals surface area contributed by atoms with Gasteiger partial charge in [0.15, 0.2) is 0 Å². The van der Waals surface area contributed by atoms with Gasteiger partial charge in [-0.3, -0.25) is 0 Å². The van der Waals surface area contributed by atoms with Gasteiger partial charge in [-0.2, -0.15) is 0 Å². The first-order chi connectivity index (χ1) is 7.81. The molecular formula is C14H13N2+. The van der Waals surface area contributed by atoms with Gasteiger partial charge < -0.3 is 0 Å². The summed E-state index contributed by atoms with van der Waals surface area (Å²) in [6.45, 7) is 1.86. The van der Waals surface area contributed by atoms with Gasteiger partial charge in [0.25, 0.3) is 0 Å². The van der Waals surface area contributed by atoms with Gasteiger partial charge in [0.1, 0.15) is 4.98 Å². The standard InChI is InChI=1S/C14H13N2/c1-11(16-15)12-7-9-14(10-8-12)13-5-3-2-4-6-13/h2-11H,1H3/q+1. The summed E-state index contributed by atoms with van der Waals surface area (Å²) in [6, 6.07) is 18.1. The maximum Gasteiger partial charge on any atom is 0.336 e. The molecule has 0 bridgehead atoms. The molecule has 2 heteroatoms. The highest BCUT2D eigenvalue weighted by Gasteiger charge is 2.14. The lowest BCUT2D eigenvalue weighted by Crippen LogP contribution is -1.86. The zero-order valence-corrected chi connectivity index (χ0v) is 9.17. The van der Waals surface area contributed by atoms with E-state index in [0.29, 0.717) is 0 Å². The molecule has 78 valence electrons. The molecule has 16 heavy (non-hydrogen) atoms. The van der Waals surface area contributed by atoms with Crippen molar-refractivity contribution in [2.45, 2.75) is 13.0 Å². The van der Waals surface area contributed by atoms with Gasteiger partial charge in [0.05, 0.1) is 0 Å². The zero-order valence-electron chi connectivity index (χ0n) is 9.17. The van der Waals surface area contributed by atoms with Crippen molar-refractivity contribution in [3.05, 3.63) is 65.1 Å². The van der Waals surface area contributed by atoms with Crippen molar-refractivity contribution in [3.63, 3.8) is 0 Å². The molecule has 2 rings (SSSR count). The van der Waals surface area contributed by atoms with Gasteiger partial charge in [0, 0.05) is 12.5 Å². The van der Waals surface area contributed by atoms with E-state index in [9.17, 15) is 0 Å². The fourth-order valence-electron chi connectivity index (χ4n) is 1.65. The third kappa shape index (κ3) is 2.09. The summed E-state index contributed by atoms with van der Waals surface area (Å²) in [7, 11) is 0. The second-order valence-corrected chi connectivity index (χ2v) is 3.78. The Kier molecular flexibility index (Phi) is 2.98. The number of rotatable bonds is 2. The molecule has 0 saturated heterocycles. The van der Waals surface area contributed by atoms with Crippen molar-refractivity contribution in [2.75, 3.05) is 0 Å². The predicted molar refractivity (Wildman–Crippen MR) is 65.4 cm³/mol. The average molecular weight is 209 g/mol. The molecule has 0 aliphatic heterocycles. The smallest absolute Gasteiger partial charge is 0.0622 e. The SMILES string of the molecule is CC([N+]#N)c1ccc(-c2ccccc2)cc1. The van der Waals surface area contributed by atoms with Gasteiger partial charge >= 0.3 is 6.04 Å². The summed E-state index contributed by atoms with van der Waals surface area (Å²) < 4.78 is 0. The fourth-order valence-corrected chi connectivity index (χ4v) is 1.65. The molecule has 0 fully saturated rings. The van der Waals surface area contributed by atoms with E-state index < -0.39 is 0 Å². The lowest BCUT2D eigenvalue weighted by atomic mass is 10.0. The van der Waals surface area contributed by atoms with Crippen molar-refractivity contribution in [1.29, 1.82) is 5.39 Å². The molecule has 0 aromatic heterocycles. The Morgan fingerprint density at radius 2 is 1.44 bits per heavy atom. The maximum absolute atomic E-state index is 8.70. The van der Waals surface area contributed by atoms with Gasteiger partial charge in [-0.1, -0.05) is 54.6 Å². The van der Waals surface area contributed by atoms with Crippen molar-refractivity contribution in [1.82, 2.24) is 0 Å². The van der Waals surface area contributed by atoms with E-state index >= 15 is 0 Å². The summed E-state index contributed by atoms with van der Waals surface area (Å²) in [5.74, 6) is 0. The molecule has 0 amide bonds. The predicted octanol–water partition coefficient (Wildman–Crippen LogP) is 4.27. The van der Waals surface area contributed by atoms with Crippen molar-refractivity contribution < 1.29 is 0 Å². The first-order valence-electron chi connectivity index (χ1n) is 5.31. The first-order valence-corrected chi connectivity index (χ1v) is 5.31. The number of hydrogen-bond acceptors (Lipinski definition) is 1. The molecule has 2 aromatic carbocycles. The quantitative estimate of drug-likeness (QED) is 0.679. The van der Waals surface area contributed by atoms with E-state index in [2.05, 4.69) is 17.1 Å². The second kappa shape index (κ2) is 4.59. The minimum absolute atomic E-state index is 0.162. The second-order valence-electron chi connectivity index (χ2n) is 3.78. The maximum atomic E-state index is 8.70. The van der Waals surface area contributed by atoms with Gasteiger partial charge in [-0.15, -0.1) is 0 Å². The molecular weight excluding hydrogens is 196 g/mol. The summed E-state index contributed by atoms with van der Waals surface area (Å²) in [4.78, 5) is 3.26. The average Bonchev–Trinajstić information content (AvgIpc) is 2.39. The van der Waals surface area contributed by atoms with E-state index in [-0.39, 0.29) is 6.04 Å². The van der Waals surface area contributed by atoms with Gasteiger partial charge in [0.2, 0.25) is 5.39 Å². The van der Waals surface area contributed by atoms with Crippen LogP contribution in [0.2, 0.25) is 0 Å². The van der Waals surface area contributed by atoms with Crippen LogP contribution in [0.4, 0.5) is 0 Å². The highest BCUT2D eigenvalue weighted by molar-refractivity contribution is 5.63. The molecule has 0 heterocycles. The molecule has 2 aromatic rings. The van der Waals surface area contributed by atoms with Crippen LogP contribution in [0.15, 0.2) is 54.6 Å². The van der Waals surface area contributed by atoms with E-state index in [1.807, 2.05) is 49.4 Å². The van der Waals surface area contributed by atoms with Crippen LogP contribution >= 0.6 is 0 Å². The van der Waals surface area contributed by atoms with Crippen LogP contribution in [0.1, 0.15) is 18.5 Å². The molecule has 0 radical (unpaired) electrons. The summed E-state index contributed by atoms with van der Waals surface area (Å²) in [6.07, 6.45) is 0. The zero-order chi connectivity index (χ0) is 11.4. The highest BCUT2D eigenvalue weighted by Crippen LogP contribution is 2.22. The highest BCUT2D eigenvalue weighted by atomic mass is 14.9. The Bertz CT molecular complexity index is 495. The largest absolute Gasteiger partial charge is 0.336 e. The van der Waals surface area contributed by atoms with Gasteiger partial charge in [-0.05, 0) is 11.1 Å². The molecule has 1 unspecified atom stereocenters.